The fourth-order valence-corrected chi connectivity index (χ4v) is 1.43. The van der Waals surface area contributed by atoms with Crippen molar-refractivity contribution in [2.24, 2.45) is 10.1 Å². The molecule has 1 aromatic carbocycles. The number of benzene rings is 1. The molecule has 1 aliphatic rings. The molecule has 9 heteroatoms. The standard InChI is InChI=1S/C9H4F4N4O/c10-4-3(9-15-1-2-18-9)5(11)7(13)8(6(4)12)16-17-14/h1-2H2. The van der Waals surface area contributed by atoms with Gasteiger partial charge in [0.15, 0.2) is 23.3 Å². The van der Waals surface area contributed by atoms with Gasteiger partial charge in [-0.15, -0.1) is 0 Å². The van der Waals surface area contributed by atoms with Gasteiger partial charge in [0.05, 0.1) is 6.54 Å². The number of azide groups is 1. The predicted octanol–water partition coefficient (Wildman–Crippen LogP) is 2.96. The minimum atomic E-state index is -1.79. The lowest BCUT2D eigenvalue weighted by Gasteiger charge is -2.08. The van der Waals surface area contributed by atoms with E-state index in [1.807, 2.05) is 0 Å². The van der Waals surface area contributed by atoms with Gasteiger partial charge in [0.2, 0.25) is 5.90 Å². The zero-order valence-electron chi connectivity index (χ0n) is 8.62. The van der Waals surface area contributed by atoms with E-state index < -0.39 is 40.4 Å². The van der Waals surface area contributed by atoms with Crippen LogP contribution in [0.5, 0.6) is 0 Å². The fourth-order valence-electron chi connectivity index (χ4n) is 1.43. The van der Waals surface area contributed by atoms with Crippen LogP contribution >= 0.6 is 0 Å². The summed E-state index contributed by atoms with van der Waals surface area (Å²) in [5.41, 5.74) is 5.65. The van der Waals surface area contributed by atoms with Gasteiger partial charge in [0.1, 0.15) is 17.9 Å². The van der Waals surface area contributed by atoms with Crippen molar-refractivity contribution < 1.29 is 22.3 Å². The van der Waals surface area contributed by atoms with Crippen molar-refractivity contribution in [3.63, 3.8) is 0 Å². The summed E-state index contributed by atoms with van der Waals surface area (Å²) in [6, 6.07) is 0. The monoisotopic (exact) mass is 260 g/mol. The van der Waals surface area contributed by atoms with Gasteiger partial charge in [-0.2, -0.15) is 0 Å². The quantitative estimate of drug-likeness (QED) is 0.265. The molecule has 0 N–H and O–H groups in total. The zero-order valence-corrected chi connectivity index (χ0v) is 8.62. The summed E-state index contributed by atoms with van der Waals surface area (Å²) in [4.78, 5) is 5.65. The van der Waals surface area contributed by atoms with Crippen LogP contribution < -0.4 is 0 Å². The molecule has 2 rings (SSSR count). The fraction of sp³-hybridized carbons (Fsp3) is 0.222. The summed E-state index contributed by atoms with van der Waals surface area (Å²) < 4.78 is 58.6. The summed E-state index contributed by atoms with van der Waals surface area (Å²) in [6.45, 7) is 0.200. The van der Waals surface area contributed by atoms with Crippen LogP contribution in [-0.2, 0) is 4.74 Å². The Hall–Kier alpha value is -2.28. The molecule has 0 amide bonds. The van der Waals surface area contributed by atoms with Crippen molar-refractivity contribution in [2.75, 3.05) is 13.2 Å². The molecule has 1 aromatic rings. The third-order valence-electron chi connectivity index (χ3n) is 2.18. The molecule has 1 heterocycles. The lowest BCUT2D eigenvalue weighted by atomic mass is 10.1. The van der Waals surface area contributed by atoms with E-state index in [9.17, 15) is 17.6 Å². The summed E-state index contributed by atoms with van der Waals surface area (Å²) >= 11 is 0. The minimum absolute atomic E-state index is 0.0650. The molecule has 0 fully saturated rings. The zero-order chi connectivity index (χ0) is 13.3. The van der Waals surface area contributed by atoms with Gasteiger partial charge in [0, 0.05) is 4.91 Å². The van der Waals surface area contributed by atoms with Gasteiger partial charge in [-0.05, 0) is 5.53 Å². The maximum absolute atomic E-state index is 13.6. The topological polar surface area (TPSA) is 70.4 Å². The molecule has 0 saturated carbocycles. The lowest BCUT2D eigenvalue weighted by molar-refractivity contribution is 0.342. The third kappa shape index (κ3) is 1.74. The van der Waals surface area contributed by atoms with E-state index in [4.69, 9.17) is 10.3 Å². The smallest absolute Gasteiger partial charge is 0.222 e. The number of hydrogen-bond acceptors (Lipinski definition) is 3. The van der Waals surface area contributed by atoms with Gasteiger partial charge in [0.25, 0.3) is 0 Å². The first-order valence-electron chi connectivity index (χ1n) is 4.66. The molecule has 0 aliphatic carbocycles. The molecular weight excluding hydrogens is 256 g/mol. The van der Waals surface area contributed by atoms with E-state index in [-0.39, 0.29) is 13.2 Å². The van der Waals surface area contributed by atoms with Gasteiger partial charge in [-0.1, -0.05) is 5.11 Å². The average molecular weight is 260 g/mol. The average Bonchev–Trinajstić information content (AvgIpc) is 2.86. The molecule has 18 heavy (non-hydrogen) atoms. The number of rotatable bonds is 2. The molecule has 0 atom stereocenters. The summed E-state index contributed by atoms with van der Waals surface area (Å²) in [7, 11) is 0. The normalized spacial score (nSPS) is 13.9. The number of nitrogens with zero attached hydrogens (tertiary/aromatic N) is 4. The van der Waals surface area contributed by atoms with E-state index in [1.165, 1.54) is 0 Å². The maximum Gasteiger partial charge on any atom is 0.222 e. The highest BCUT2D eigenvalue weighted by molar-refractivity contribution is 5.96. The van der Waals surface area contributed by atoms with Crippen molar-refractivity contribution >= 4 is 11.6 Å². The molecule has 0 unspecified atom stereocenters. The number of hydrogen-bond donors (Lipinski definition) is 0. The van der Waals surface area contributed by atoms with Crippen LogP contribution in [0.4, 0.5) is 23.2 Å². The molecular formula is C9H4F4N4O. The summed E-state index contributed by atoms with van der Waals surface area (Å²) in [5, 5.41) is 2.57. The second kappa shape index (κ2) is 4.53. The van der Waals surface area contributed by atoms with Crippen LogP contribution in [0.15, 0.2) is 10.1 Å². The molecule has 0 bridgehead atoms. The van der Waals surface area contributed by atoms with E-state index in [0.717, 1.165) is 0 Å². The Kier molecular flexibility index (Phi) is 3.07. The van der Waals surface area contributed by atoms with Crippen LogP contribution in [0.2, 0.25) is 0 Å². The first-order valence-corrected chi connectivity index (χ1v) is 4.66. The van der Waals surface area contributed by atoms with Crippen molar-refractivity contribution in [3.05, 3.63) is 39.3 Å². The van der Waals surface area contributed by atoms with E-state index >= 15 is 0 Å². The van der Waals surface area contributed by atoms with Crippen molar-refractivity contribution in [1.82, 2.24) is 0 Å². The summed E-state index contributed by atoms with van der Waals surface area (Å²) in [5.74, 6) is -7.52. The van der Waals surface area contributed by atoms with E-state index in [2.05, 4.69) is 15.0 Å². The van der Waals surface area contributed by atoms with Crippen molar-refractivity contribution in [3.8, 4) is 0 Å². The predicted molar refractivity (Wildman–Crippen MR) is 52.4 cm³/mol. The largest absolute Gasteiger partial charge is 0.475 e. The van der Waals surface area contributed by atoms with Crippen LogP contribution in [0, 0.1) is 23.3 Å². The Labute approximate surface area is 97.3 Å². The highest BCUT2D eigenvalue weighted by Crippen LogP contribution is 2.31. The number of ether oxygens (including phenoxy) is 1. The lowest BCUT2D eigenvalue weighted by Crippen LogP contribution is -2.11. The molecule has 0 aromatic heterocycles. The highest BCUT2D eigenvalue weighted by atomic mass is 19.2. The Bertz CT molecular complexity index is 566. The van der Waals surface area contributed by atoms with Gasteiger partial charge in [-0.3, -0.25) is 0 Å². The van der Waals surface area contributed by atoms with Crippen molar-refractivity contribution in [2.45, 2.75) is 0 Å². The molecule has 5 nitrogen and oxygen atoms in total. The van der Waals surface area contributed by atoms with Crippen LogP contribution in [0.25, 0.3) is 10.4 Å². The molecule has 1 aliphatic heterocycles. The van der Waals surface area contributed by atoms with Crippen LogP contribution in [0.1, 0.15) is 5.56 Å². The van der Waals surface area contributed by atoms with Gasteiger partial charge >= 0.3 is 0 Å². The van der Waals surface area contributed by atoms with Gasteiger partial charge < -0.3 is 4.74 Å². The first-order chi connectivity index (χ1) is 8.57. The molecule has 0 radical (unpaired) electrons. The molecule has 0 spiro atoms. The Morgan fingerprint density at radius 1 is 1.11 bits per heavy atom. The van der Waals surface area contributed by atoms with Crippen LogP contribution in [-0.4, -0.2) is 19.0 Å². The van der Waals surface area contributed by atoms with E-state index in [1.54, 1.807) is 0 Å². The highest BCUT2D eigenvalue weighted by Gasteiger charge is 2.29. The maximum atomic E-state index is 13.6. The minimum Gasteiger partial charge on any atom is -0.475 e. The second-order valence-electron chi connectivity index (χ2n) is 3.20. The van der Waals surface area contributed by atoms with E-state index in [0.29, 0.717) is 0 Å². The Balaban J connectivity index is 2.73. The number of halogens is 4. The van der Waals surface area contributed by atoms with Crippen LogP contribution in [0.3, 0.4) is 0 Å². The Morgan fingerprint density at radius 2 is 1.72 bits per heavy atom. The Morgan fingerprint density at radius 3 is 2.17 bits per heavy atom. The third-order valence-corrected chi connectivity index (χ3v) is 2.18. The van der Waals surface area contributed by atoms with Gasteiger partial charge in [-0.25, -0.2) is 22.6 Å². The summed E-state index contributed by atoms with van der Waals surface area (Å²) in [6.07, 6.45) is 0. The number of aliphatic imine (C=N–C) groups is 1. The molecule has 94 valence electrons. The molecule has 0 saturated heterocycles. The SMILES string of the molecule is [N-]=[N+]=Nc1c(F)c(F)c(C2=NCCO2)c(F)c1F. The second-order valence-corrected chi connectivity index (χ2v) is 3.20. The van der Waals surface area contributed by atoms with Crippen molar-refractivity contribution in [1.29, 1.82) is 0 Å². The first kappa shape index (κ1) is 12.2.